The first-order chi connectivity index (χ1) is 14.1. The van der Waals surface area contributed by atoms with Gasteiger partial charge >= 0.3 is 11.9 Å². The molecule has 0 saturated carbocycles. The zero-order valence-electron chi connectivity index (χ0n) is 16.5. The van der Waals surface area contributed by atoms with Gasteiger partial charge in [-0.1, -0.05) is 30.3 Å². The maximum atomic E-state index is 12.6. The van der Waals surface area contributed by atoms with Gasteiger partial charge in [-0.2, -0.15) is 0 Å². The van der Waals surface area contributed by atoms with Gasteiger partial charge in [0.1, 0.15) is 18.1 Å². The number of rotatable bonds is 12. The largest absolute Gasteiger partial charge is 0.481 e. The van der Waals surface area contributed by atoms with Crippen molar-refractivity contribution in [3.05, 3.63) is 35.9 Å². The number of carbonyl (C=O) groups excluding carboxylic acids is 3. The van der Waals surface area contributed by atoms with Crippen molar-refractivity contribution in [3.8, 4) is 0 Å². The highest BCUT2D eigenvalue weighted by Gasteiger charge is 2.28. The van der Waals surface area contributed by atoms with Crippen molar-refractivity contribution in [3.63, 3.8) is 0 Å². The Hall–Kier alpha value is -3.47. The molecule has 3 unspecified atom stereocenters. The number of carboxylic acids is 2. The van der Waals surface area contributed by atoms with Crippen LogP contribution in [-0.4, -0.2) is 64.5 Å². The summed E-state index contributed by atoms with van der Waals surface area (Å²) in [5.74, 6) is -4.63. The first kappa shape index (κ1) is 24.6. The summed E-state index contributed by atoms with van der Waals surface area (Å²) < 4.78 is 0. The van der Waals surface area contributed by atoms with E-state index >= 15 is 0 Å². The molecule has 1 rings (SSSR count). The fourth-order valence-electron chi connectivity index (χ4n) is 2.52. The molecule has 7 N–H and O–H groups in total. The van der Waals surface area contributed by atoms with E-state index in [-0.39, 0.29) is 19.4 Å². The number of carboxylic acid groups (broad SMARTS) is 2. The Balaban J connectivity index is 2.86. The van der Waals surface area contributed by atoms with Gasteiger partial charge in [0.15, 0.2) is 0 Å². The minimum absolute atomic E-state index is 0.00443. The highest BCUT2D eigenvalue weighted by atomic mass is 16.4. The second-order valence-corrected chi connectivity index (χ2v) is 6.58. The van der Waals surface area contributed by atoms with Gasteiger partial charge < -0.3 is 31.9 Å². The molecule has 0 heterocycles. The van der Waals surface area contributed by atoms with Crippen LogP contribution >= 0.6 is 0 Å². The Bertz CT molecular complexity index is 769. The number of hydrogen-bond acceptors (Lipinski definition) is 6. The molecule has 0 saturated heterocycles. The quantitative estimate of drug-likeness (QED) is 0.237. The van der Waals surface area contributed by atoms with Gasteiger partial charge in [0, 0.05) is 12.8 Å². The lowest BCUT2D eigenvalue weighted by Gasteiger charge is -2.23. The summed E-state index contributed by atoms with van der Waals surface area (Å²) in [4.78, 5) is 58.6. The van der Waals surface area contributed by atoms with Gasteiger partial charge in [-0.25, -0.2) is 4.79 Å². The van der Waals surface area contributed by atoms with E-state index in [1.54, 1.807) is 30.3 Å². The Morgan fingerprint density at radius 3 is 2.07 bits per heavy atom. The van der Waals surface area contributed by atoms with Crippen molar-refractivity contribution < 1.29 is 34.2 Å². The first-order valence-electron chi connectivity index (χ1n) is 9.22. The summed E-state index contributed by atoms with van der Waals surface area (Å²) >= 11 is 0. The molecule has 3 atom stereocenters. The standard InChI is InChI=1S/C19H26N4O7/c1-11(21-15(24)10-20)17(27)22-13(7-8-16(25)26)18(28)23-14(19(29)30)9-12-5-3-2-4-6-12/h2-6,11,13-14H,7-10,20H2,1H3,(H,21,24)(H,22,27)(H,23,28)(H,25,26)(H,29,30). The smallest absolute Gasteiger partial charge is 0.326 e. The molecule has 0 spiro atoms. The van der Waals surface area contributed by atoms with E-state index in [2.05, 4.69) is 16.0 Å². The molecule has 11 nitrogen and oxygen atoms in total. The van der Waals surface area contributed by atoms with Gasteiger partial charge in [0.25, 0.3) is 0 Å². The molecule has 0 radical (unpaired) electrons. The van der Waals surface area contributed by atoms with Crippen LogP contribution in [0.5, 0.6) is 0 Å². The van der Waals surface area contributed by atoms with Crippen LogP contribution < -0.4 is 21.7 Å². The van der Waals surface area contributed by atoms with Crippen molar-refractivity contribution in [2.45, 2.75) is 44.3 Å². The molecule has 1 aromatic rings. The zero-order valence-corrected chi connectivity index (χ0v) is 16.5. The van der Waals surface area contributed by atoms with Gasteiger partial charge in [0.2, 0.25) is 17.7 Å². The summed E-state index contributed by atoms with van der Waals surface area (Å²) in [6, 6.07) is 5.01. The Morgan fingerprint density at radius 1 is 0.933 bits per heavy atom. The van der Waals surface area contributed by atoms with Crippen molar-refractivity contribution >= 4 is 29.7 Å². The summed E-state index contributed by atoms with van der Waals surface area (Å²) in [6.07, 6.45) is -0.690. The number of nitrogens with two attached hydrogens (primary N) is 1. The Labute approximate surface area is 173 Å². The summed E-state index contributed by atoms with van der Waals surface area (Å²) in [7, 11) is 0. The fraction of sp³-hybridized carbons (Fsp3) is 0.421. The minimum atomic E-state index is -1.30. The predicted octanol–water partition coefficient (Wildman–Crippen LogP) is -1.39. The molecule has 0 bridgehead atoms. The number of nitrogens with one attached hydrogen (secondary N) is 3. The monoisotopic (exact) mass is 422 g/mol. The highest BCUT2D eigenvalue weighted by Crippen LogP contribution is 2.06. The lowest BCUT2D eigenvalue weighted by atomic mass is 10.0. The van der Waals surface area contributed by atoms with Gasteiger partial charge in [-0.05, 0) is 18.9 Å². The third-order valence-electron chi connectivity index (χ3n) is 4.13. The number of carbonyl (C=O) groups is 5. The molecule has 30 heavy (non-hydrogen) atoms. The molecular weight excluding hydrogens is 396 g/mol. The molecule has 0 fully saturated rings. The summed E-state index contributed by atoms with van der Waals surface area (Å²) in [5.41, 5.74) is 5.84. The van der Waals surface area contributed by atoms with Gasteiger partial charge in [0.05, 0.1) is 6.54 Å². The van der Waals surface area contributed by atoms with Crippen LogP contribution in [-0.2, 0) is 30.4 Å². The topological polar surface area (TPSA) is 188 Å². The lowest BCUT2D eigenvalue weighted by molar-refractivity contribution is -0.143. The lowest BCUT2D eigenvalue weighted by Crippen LogP contribution is -2.55. The number of amides is 3. The van der Waals surface area contributed by atoms with Crippen LogP contribution in [0.25, 0.3) is 0 Å². The molecule has 11 heteroatoms. The molecule has 0 aliphatic carbocycles. The van der Waals surface area contributed by atoms with E-state index in [1.807, 2.05) is 0 Å². The van der Waals surface area contributed by atoms with Gasteiger partial charge in [-0.3, -0.25) is 19.2 Å². The van der Waals surface area contributed by atoms with Crippen LogP contribution in [0, 0.1) is 0 Å². The van der Waals surface area contributed by atoms with Crippen LogP contribution in [0.1, 0.15) is 25.3 Å². The van der Waals surface area contributed by atoms with Crippen molar-refractivity contribution in [1.82, 2.24) is 16.0 Å². The predicted molar refractivity (Wildman–Crippen MR) is 105 cm³/mol. The van der Waals surface area contributed by atoms with Gasteiger partial charge in [-0.15, -0.1) is 0 Å². The molecule has 0 aromatic heterocycles. The Kier molecular flexibility index (Phi) is 9.97. The minimum Gasteiger partial charge on any atom is -0.481 e. The van der Waals surface area contributed by atoms with E-state index < -0.39 is 54.2 Å². The summed E-state index contributed by atoms with van der Waals surface area (Å²) in [5, 5.41) is 25.3. The van der Waals surface area contributed by atoms with Crippen LogP contribution in [0.4, 0.5) is 0 Å². The van der Waals surface area contributed by atoms with Crippen molar-refractivity contribution in [2.75, 3.05) is 6.54 Å². The van der Waals surface area contributed by atoms with Crippen LogP contribution in [0.15, 0.2) is 30.3 Å². The Morgan fingerprint density at radius 2 is 1.53 bits per heavy atom. The highest BCUT2D eigenvalue weighted by molar-refractivity contribution is 5.93. The van der Waals surface area contributed by atoms with Crippen LogP contribution in [0.2, 0.25) is 0 Å². The van der Waals surface area contributed by atoms with E-state index in [4.69, 9.17) is 10.8 Å². The molecule has 0 aliphatic rings. The number of benzene rings is 1. The first-order valence-corrected chi connectivity index (χ1v) is 9.22. The van der Waals surface area contributed by atoms with Crippen molar-refractivity contribution in [2.24, 2.45) is 5.73 Å². The second kappa shape index (κ2) is 12.2. The van der Waals surface area contributed by atoms with E-state index in [0.717, 1.165) is 0 Å². The third kappa shape index (κ3) is 8.69. The summed E-state index contributed by atoms with van der Waals surface area (Å²) in [6.45, 7) is 1.03. The molecule has 1 aromatic carbocycles. The number of hydrogen-bond donors (Lipinski definition) is 6. The third-order valence-corrected chi connectivity index (χ3v) is 4.13. The normalized spacial score (nSPS) is 13.4. The average molecular weight is 422 g/mol. The SMILES string of the molecule is CC(NC(=O)CN)C(=O)NC(CCC(=O)O)C(=O)NC(Cc1ccccc1)C(=O)O. The van der Waals surface area contributed by atoms with Crippen molar-refractivity contribution in [1.29, 1.82) is 0 Å². The number of aliphatic carboxylic acids is 2. The zero-order chi connectivity index (χ0) is 22.7. The van der Waals surface area contributed by atoms with Crippen LogP contribution in [0.3, 0.4) is 0 Å². The average Bonchev–Trinajstić information content (AvgIpc) is 2.70. The molecule has 3 amide bonds. The second-order valence-electron chi connectivity index (χ2n) is 6.58. The fourth-order valence-corrected chi connectivity index (χ4v) is 2.52. The molecule has 0 aliphatic heterocycles. The molecular formula is C19H26N4O7. The maximum absolute atomic E-state index is 12.6. The van der Waals surface area contributed by atoms with E-state index in [9.17, 15) is 29.1 Å². The maximum Gasteiger partial charge on any atom is 0.326 e. The molecule has 164 valence electrons. The van der Waals surface area contributed by atoms with E-state index in [1.165, 1.54) is 6.92 Å². The van der Waals surface area contributed by atoms with E-state index in [0.29, 0.717) is 5.56 Å².